The van der Waals surface area contributed by atoms with Crippen molar-refractivity contribution in [3.8, 4) is 6.07 Å². The van der Waals surface area contributed by atoms with E-state index in [1.54, 1.807) is 12.1 Å². The first-order valence-electron chi connectivity index (χ1n) is 5.14. The number of carbonyl (C=O) groups excluding carboxylic acids is 1. The lowest BCUT2D eigenvalue weighted by molar-refractivity contribution is -0.117. The van der Waals surface area contributed by atoms with Crippen LogP contribution in [0.4, 0.5) is 10.1 Å². The second-order valence-corrected chi connectivity index (χ2v) is 3.65. The van der Waals surface area contributed by atoms with E-state index in [0.29, 0.717) is 5.69 Å². The van der Waals surface area contributed by atoms with Crippen LogP contribution in [0.1, 0.15) is 0 Å². The summed E-state index contributed by atoms with van der Waals surface area (Å²) in [6.07, 6.45) is 1.22. The summed E-state index contributed by atoms with van der Waals surface area (Å²) in [6, 6.07) is 7.43. The molecule has 4 nitrogen and oxygen atoms in total. The van der Waals surface area contributed by atoms with Gasteiger partial charge in [-0.05, 0) is 18.2 Å². The summed E-state index contributed by atoms with van der Waals surface area (Å²) in [6.45, 7) is 0.277. The quantitative estimate of drug-likeness (QED) is 0.487. The van der Waals surface area contributed by atoms with E-state index in [1.165, 1.54) is 24.4 Å². The van der Waals surface area contributed by atoms with Crippen LogP contribution in [0.15, 0.2) is 36.0 Å². The molecule has 0 saturated carbocycles. The summed E-state index contributed by atoms with van der Waals surface area (Å²) in [5.74, 6) is -0.664. The fourth-order valence-electron chi connectivity index (χ4n) is 1.14. The Labute approximate surface area is 109 Å². The van der Waals surface area contributed by atoms with Gasteiger partial charge in [0.2, 0.25) is 0 Å². The van der Waals surface area contributed by atoms with Gasteiger partial charge in [0.25, 0.3) is 5.91 Å². The summed E-state index contributed by atoms with van der Waals surface area (Å²) in [4.78, 5) is 11.4. The maximum atomic E-state index is 12.9. The van der Waals surface area contributed by atoms with Gasteiger partial charge in [-0.15, -0.1) is 11.6 Å². The molecular weight excluding hydrogens is 257 g/mol. The van der Waals surface area contributed by atoms with Crippen LogP contribution in [0.3, 0.4) is 0 Å². The number of nitriles is 1. The normalized spacial score (nSPS) is 10.6. The lowest BCUT2D eigenvalue weighted by Gasteiger charge is -2.03. The molecule has 94 valence electrons. The van der Waals surface area contributed by atoms with E-state index >= 15 is 0 Å². The number of nitrogens with zero attached hydrogens (tertiary/aromatic N) is 1. The van der Waals surface area contributed by atoms with E-state index < -0.39 is 11.7 Å². The molecule has 0 spiro atoms. The molecule has 0 aliphatic heterocycles. The summed E-state index contributed by atoms with van der Waals surface area (Å²) in [5.41, 5.74) is 0.345. The van der Waals surface area contributed by atoms with Crippen LogP contribution in [0.2, 0.25) is 0 Å². The van der Waals surface area contributed by atoms with Crippen LogP contribution in [0, 0.1) is 17.1 Å². The molecule has 0 radical (unpaired) electrons. The van der Waals surface area contributed by atoms with Gasteiger partial charge in [-0.1, -0.05) is 6.07 Å². The minimum atomic E-state index is -0.526. The molecule has 1 amide bonds. The van der Waals surface area contributed by atoms with Crippen LogP contribution in [-0.4, -0.2) is 18.3 Å². The molecule has 0 aromatic heterocycles. The van der Waals surface area contributed by atoms with Gasteiger partial charge in [0.1, 0.15) is 17.5 Å². The zero-order chi connectivity index (χ0) is 13.4. The second kappa shape index (κ2) is 7.30. The monoisotopic (exact) mass is 267 g/mol. The number of amides is 1. The van der Waals surface area contributed by atoms with Crippen LogP contribution in [0.25, 0.3) is 0 Å². The first-order valence-corrected chi connectivity index (χ1v) is 5.67. The van der Waals surface area contributed by atoms with Gasteiger partial charge < -0.3 is 10.6 Å². The minimum absolute atomic E-state index is 0.107. The molecule has 0 atom stereocenters. The smallest absolute Gasteiger partial charge is 0.263 e. The molecule has 1 rings (SSSR count). The van der Waals surface area contributed by atoms with Crippen molar-refractivity contribution in [2.45, 2.75) is 0 Å². The molecule has 0 fully saturated rings. The first kappa shape index (κ1) is 14.0. The third kappa shape index (κ3) is 4.44. The molecule has 2 N–H and O–H groups in total. The number of nitrogens with one attached hydrogen (secondary N) is 2. The molecule has 6 heteroatoms. The molecule has 0 aliphatic carbocycles. The van der Waals surface area contributed by atoms with Gasteiger partial charge in [0.05, 0.1) is 0 Å². The predicted octanol–water partition coefficient (Wildman–Crippen LogP) is 2.00. The molecule has 1 aromatic carbocycles. The lowest BCUT2D eigenvalue weighted by Crippen LogP contribution is -2.26. The number of anilines is 1. The van der Waals surface area contributed by atoms with Crippen molar-refractivity contribution >= 4 is 23.2 Å². The van der Waals surface area contributed by atoms with Gasteiger partial charge in [-0.2, -0.15) is 5.26 Å². The Balaban J connectivity index is 2.69. The SMILES string of the molecule is N#C/C(=C/Nc1cccc(F)c1)C(=O)NCCCl. The summed E-state index contributed by atoms with van der Waals surface area (Å²) in [5, 5.41) is 13.9. The van der Waals surface area contributed by atoms with E-state index in [2.05, 4.69) is 10.6 Å². The van der Waals surface area contributed by atoms with Crippen molar-refractivity contribution in [3.63, 3.8) is 0 Å². The summed E-state index contributed by atoms with van der Waals surface area (Å²) in [7, 11) is 0. The van der Waals surface area contributed by atoms with Crippen molar-refractivity contribution in [2.24, 2.45) is 0 Å². The fraction of sp³-hybridized carbons (Fsp3) is 0.167. The van der Waals surface area contributed by atoms with E-state index in [1.807, 2.05) is 0 Å². The maximum absolute atomic E-state index is 12.9. The van der Waals surface area contributed by atoms with Crippen molar-refractivity contribution < 1.29 is 9.18 Å². The number of halogens is 2. The van der Waals surface area contributed by atoms with Crippen LogP contribution in [0.5, 0.6) is 0 Å². The zero-order valence-electron chi connectivity index (χ0n) is 9.41. The average Bonchev–Trinajstić information content (AvgIpc) is 2.37. The zero-order valence-corrected chi connectivity index (χ0v) is 10.2. The Morgan fingerprint density at radius 1 is 1.56 bits per heavy atom. The Morgan fingerprint density at radius 3 is 2.94 bits per heavy atom. The number of carbonyl (C=O) groups is 1. The van der Waals surface area contributed by atoms with Crippen LogP contribution in [-0.2, 0) is 4.79 Å². The van der Waals surface area contributed by atoms with Gasteiger partial charge >= 0.3 is 0 Å². The third-order valence-electron chi connectivity index (χ3n) is 1.95. The number of hydrogen-bond donors (Lipinski definition) is 2. The van der Waals surface area contributed by atoms with Gasteiger partial charge in [0, 0.05) is 24.3 Å². The Hall–Kier alpha value is -2.06. The largest absolute Gasteiger partial charge is 0.360 e. The maximum Gasteiger partial charge on any atom is 0.263 e. The molecule has 0 aliphatic rings. The topological polar surface area (TPSA) is 64.9 Å². The van der Waals surface area contributed by atoms with Crippen molar-refractivity contribution in [1.82, 2.24) is 5.32 Å². The van der Waals surface area contributed by atoms with E-state index in [0.717, 1.165) is 0 Å². The molecule has 18 heavy (non-hydrogen) atoms. The fourth-order valence-corrected chi connectivity index (χ4v) is 1.23. The predicted molar refractivity (Wildman–Crippen MR) is 67.4 cm³/mol. The van der Waals surface area contributed by atoms with Crippen molar-refractivity contribution in [3.05, 3.63) is 41.9 Å². The van der Waals surface area contributed by atoms with Crippen LogP contribution < -0.4 is 10.6 Å². The first-order chi connectivity index (χ1) is 8.67. The van der Waals surface area contributed by atoms with E-state index in [4.69, 9.17) is 16.9 Å². The summed E-state index contributed by atoms with van der Waals surface area (Å²) >= 11 is 5.41. The molecule has 0 heterocycles. The van der Waals surface area contributed by atoms with E-state index in [-0.39, 0.29) is 18.0 Å². The molecule has 0 saturated heterocycles. The van der Waals surface area contributed by atoms with Gasteiger partial charge in [-0.25, -0.2) is 4.39 Å². The summed E-state index contributed by atoms with van der Waals surface area (Å²) < 4.78 is 12.9. The second-order valence-electron chi connectivity index (χ2n) is 3.27. The van der Waals surface area contributed by atoms with Gasteiger partial charge in [-0.3, -0.25) is 4.79 Å². The Kier molecular flexibility index (Phi) is 5.68. The number of rotatable bonds is 5. The highest BCUT2D eigenvalue weighted by Gasteiger charge is 2.07. The highest BCUT2D eigenvalue weighted by atomic mass is 35.5. The molecule has 0 bridgehead atoms. The molecule has 0 unspecified atom stereocenters. The number of alkyl halides is 1. The molecule has 1 aromatic rings. The average molecular weight is 268 g/mol. The minimum Gasteiger partial charge on any atom is -0.360 e. The highest BCUT2D eigenvalue weighted by molar-refractivity contribution is 6.18. The lowest BCUT2D eigenvalue weighted by atomic mass is 10.2. The number of hydrogen-bond acceptors (Lipinski definition) is 3. The Morgan fingerprint density at radius 2 is 2.33 bits per heavy atom. The van der Waals surface area contributed by atoms with Crippen molar-refractivity contribution in [1.29, 1.82) is 5.26 Å². The third-order valence-corrected chi connectivity index (χ3v) is 2.14. The van der Waals surface area contributed by atoms with E-state index in [9.17, 15) is 9.18 Å². The van der Waals surface area contributed by atoms with Crippen LogP contribution >= 0.6 is 11.6 Å². The van der Waals surface area contributed by atoms with Crippen molar-refractivity contribution in [2.75, 3.05) is 17.7 Å². The standard InChI is InChI=1S/C12H11ClFN3O/c13-4-5-16-12(18)9(7-15)8-17-11-3-1-2-10(14)6-11/h1-3,6,8,17H,4-5H2,(H,16,18)/b9-8-. The van der Waals surface area contributed by atoms with Gasteiger partial charge in [0.15, 0.2) is 0 Å². The molecular formula is C12H11ClFN3O. The number of benzene rings is 1. The highest BCUT2D eigenvalue weighted by Crippen LogP contribution is 2.09. The Bertz CT molecular complexity index is 496.